The Morgan fingerprint density at radius 1 is 0.629 bits per heavy atom. The lowest BCUT2D eigenvalue weighted by Crippen LogP contribution is -2.42. The third-order valence-electron chi connectivity index (χ3n) is 3.58. The van der Waals surface area contributed by atoms with E-state index in [1.54, 1.807) is 6.92 Å². The van der Waals surface area contributed by atoms with Crippen LogP contribution < -0.4 is 0 Å². The van der Waals surface area contributed by atoms with Crippen LogP contribution in [0.25, 0.3) is 0 Å². The van der Waals surface area contributed by atoms with E-state index in [0.717, 1.165) is 13.1 Å². The first kappa shape index (κ1) is 34.8. The smallest absolute Gasteiger partial charge is 0.379 e. The van der Waals surface area contributed by atoms with E-state index >= 15 is 0 Å². The predicted octanol–water partition coefficient (Wildman–Crippen LogP) is -0.390. The molecule has 0 radical (unpaired) electrons. The summed E-state index contributed by atoms with van der Waals surface area (Å²) in [7, 11) is -28.5. The number of hydrogen-bond donors (Lipinski definition) is 4. The maximum atomic E-state index is 10.9. The van der Waals surface area contributed by atoms with Gasteiger partial charge in [-0.1, -0.05) is 0 Å². The molecule has 1 atom stereocenters. The van der Waals surface area contributed by atoms with E-state index in [-0.39, 0.29) is 44.8 Å². The fourth-order valence-electron chi connectivity index (χ4n) is 2.56. The monoisotopic (exact) mass is 632 g/mol. The summed E-state index contributed by atoms with van der Waals surface area (Å²) in [4.78, 5) is 0. The first-order chi connectivity index (χ1) is 15.4. The maximum Gasteiger partial charge on any atom is 0.389 e. The first-order valence-corrected chi connectivity index (χ1v) is 19.8. The zero-order valence-corrected chi connectivity index (χ0v) is 23.9. The highest BCUT2D eigenvalue weighted by Crippen LogP contribution is 2.21. The van der Waals surface area contributed by atoms with Crippen LogP contribution in [0.4, 0.5) is 0 Å². The van der Waals surface area contributed by atoms with Crippen molar-refractivity contribution in [3.8, 4) is 0 Å². The van der Waals surface area contributed by atoms with Gasteiger partial charge in [0.2, 0.25) is 0 Å². The van der Waals surface area contributed by atoms with E-state index in [2.05, 4.69) is 15.5 Å². The predicted molar refractivity (Wildman–Crippen MR) is 119 cm³/mol. The summed E-state index contributed by atoms with van der Waals surface area (Å²) < 4.78 is 150. The Bertz CT molecular complexity index is 1020. The molecular weight excluding hydrogens is 605 g/mol. The minimum absolute atomic E-state index is 0.00199. The van der Waals surface area contributed by atoms with Crippen LogP contribution >= 0.6 is 0 Å². The molecule has 212 valence electrons. The standard InChI is InChI=1S/C11H28O18S4Si2/c1-11(25-7-5-9-35(3,28-32(18,19)20)29-33(21,22)23)10-24-6-4-8-34(2,26-30(12,13)14)27-31(15,16)17/h11H,4-10H2,1-3H3,(H,12,13,14)(H,15,16,17)(H,18,19,20)(H,21,22,23). The van der Waals surface area contributed by atoms with Crippen LogP contribution in [0.15, 0.2) is 0 Å². The molecule has 0 spiro atoms. The molecule has 24 heteroatoms. The van der Waals surface area contributed by atoms with Gasteiger partial charge in [-0.15, -0.1) is 0 Å². The van der Waals surface area contributed by atoms with Crippen molar-refractivity contribution in [2.24, 2.45) is 0 Å². The Hall–Kier alpha value is -0.166. The van der Waals surface area contributed by atoms with Crippen molar-refractivity contribution in [3.05, 3.63) is 0 Å². The van der Waals surface area contributed by atoms with Gasteiger partial charge in [-0.3, -0.25) is 33.7 Å². The van der Waals surface area contributed by atoms with Gasteiger partial charge in [0.1, 0.15) is 0 Å². The molecule has 0 fully saturated rings. The summed E-state index contributed by atoms with van der Waals surface area (Å²) in [6, 6.07) is -0.628. The second-order valence-electron chi connectivity index (χ2n) is 7.28. The quantitative estimate of drug-likeness (QED) is 0.0801. The molecule has 0 heterocycles. The number of hydrogen-bond acceptors (Lipinski definition) is 14. The van der Waals surface area contributed by atoms with Crippen molar-refractivity contribution >= 4 is 58.7 Å². The minimum atomic E-state index is -5.07. The fourth-order valence-corrected chi connectivity index (χ4v) is 13.3. The van der Waals surface area contributed by atoms with Crippen LogP contribution in [0, 0.1) is 0 Å². The van der Waals surface area contributed by atoms with Gasteiger partial charge in [0.05, 0.1) is 12.7 Å². The third kappa shape index (κ3) is 20.6. The van der Waals surface area contributed by atoms with Crippen LogP contribution in [-0.4, -0.2) is 94.9 Å². The van der Waals surface area contributed by atoms with Crippen molar-refractivity contribution in [2.45, 2.75) is 51.1 Å². The molecule has 4 N–H and O–H groups in total. The highest BCUT2D eigenvalue weighted by Gasteiger charge is 2.42. The largest absolute Gasteiger partial charge is 0.389 e. The molecule has 35 heavy (non-hydrogen) atoms. The summed E-state index contributed by atoms with van der Waals surface area (Å²) in [6.45, 7) is 3.39. The Morgan fingerprint density at radius 3 is 1.26 bits per heavy atom. The minimum Gasteiger partial charge on any atom is -0.379 e. The lowest BCUT2D eigenvalue weighted by Gasteiger charge is -2.23. The molecule has 0 saturated heterocycles. The van der Waals surface area contributed by atoms with Crippen molar-refractivity contribution in [3.63, 3.8) is 0 Å². The van der Waals surface area contributed by atoms with Gasteiger partial charge in [0.15, 0.2) is 0 Å². The van der Waals surface area contributed by atoms with E-state index in [0.29, 0.717) is 0 Å². The van der Waals surface area contributed by atoms with Crippen LogP contribution in [0.3, 0.4) is 0 Å². The second-order valence-corrected chi connectivity index (χ2v) is 18.9. The number of ether oxygens (including phenoxy) is 2. The average Bonchev–Trinajstić information content (AvgIpc) is 2.51. The molecule has 0 bridgehead atoms. The summed E-state index contributed by atoms with van der Waals surface area (Å²) in [5.41, 5.74) is 0. The molecule has 0 aliphatic rings. The molecule has 1 unspecified atom stereocenters. The van der Waals surface area contributed by atoms with E-state index < -0.39 is 64.8 Å². The lowest BCUT2D eigenvalue weighted by molar-refractivity contribution is -0.00666. The molecule has 0 aromatic rings. The van der Waals surface area contributed by atoms with Crippen molar-refractivity contribution < 1.29 is 76.8 Å². The zero-order valence-electron chi connectivity index (χ0n) is 18.7. The summed E-state index contributed by atoms with van der Waals surface area (Å²) in [5, 5.41) is 0. The van der Waals surface area contributed by atoms with Crippen molar-refractivity contribution in [1.82, 2.24) is 0 Å². The molecule has 0 amide bonds. The Balaban J connectivity index is 4.53. The Labute approximate surface area is 206 Å². The molecule has 0 rings (SSSR count). The molecule has 0 aliphatic heterocycles. The lowest BCUT2D eigenvalue weighted by atomic mass is 10.4. The van der Waals surface area contributed by atoms with Gasteiger partial charge in [-0.2, -0.15) is 33.7 Å². The first-order valence-electron chi connectivity index (χ1n) is 9.34. The van der Waals surface area contributed by atoms with Crippen molar-refractivity contribution in [2.75, 3.05) is 19.8 Å². The zero-order chi connectivity index (χ0) is 27.8. The van der Waals surface area contributed by atoms with E-state index in [1.165, 1.54) is 0 Å². The maximum absolute atomic E-state index is 10.9. The Morgan fingerprint density at radius 2 is 0.943 bits per heavy atom. The second kappa shape index (κ2) is 13.6. The average molecular weight is 633 g/mol. The molecular formula is C11H28O18S4Si2. The van der Waals surface area contributed by atoms with Gasteiger partial charge < -0.3 is 9.47 Å². The van der Waals surface area contributed by atoms with Crippen LogP contribution in [-0.2, 0) is 66.6 Å². The molecule has 0 saturated carbocycles. The summed E-state index contributed by atoms with van der Waals surface area (Å²) in [5.74, 6) is 0. The van der Waals surface area contributed by atoms with E-state index in [9.17, 15) is 33.7 Å². The van der Waals surface area contributed by atoms with E-state index in [4.69, 9.17) is 27.7 Å². The number of rotatable bonds is 19. The molecule has 0 aromatic heterocycles. The fraction of sp³-hybridized carbons (Fsp3) is 1.00. The summed E-state index contributed by atoms with van der Waals surface area (Å²) in [6.07, 6.45) is -0.550. The molecule has 0 aromatic carbocycles. The van der Waals surface area contributed by atoms with Gasteiger partial charge in [-0.25, -0.2) is 0 Å². The van der Waals surface area contributed by atoms with Gasteiger partial charge in [-0.05, 0) is 44.9 Å². The van der Waals surface area contributed by atoms with Crippen LogP contribution in [0.1, 0.15) is 19.8 Å². The molecule has 18 nitrogen and oxygen atoms in total. The molecule has 0 aliphatic carbocycles. The van der Waals surface area contributed by atoms with Gasteiger partial charge >= 0.3 is 58.7 Å². The Kier molecular flexibility index (Phi) is 13.5. The van der Waals surface area contributed by atoms with Gasteiger partial charge in [0.25, 0.3) is 0 Å². The van der Waals surface area contributed by atoms with Crippen molar-refractivity contribution in [1.29, 1.82) is 0 Å². The SMILES string of the molecule is CC(COCCC[Si](C)(OS(=O)(=O)O)OS(=O)(=O)O)OCCC[Si](C)(OS(=O)(=O)O)OS(=O)(=O)O. The highest BCUT2D eigenvalue weighted by atomic mass is 32.3. The van der Waals surface area contributed by atoms with Crippen LogP contribution in [0.2, 0.25) is 25.2 Å². The normalized spacial score (nSPS) is 15.3. The summed E-state index contributed by atoms with van der Waals surface area (Å²) >= 11 is 0. The third-order valence-corrected chi connectivity index (χ3v) is 15.1. The van der Waals surface area contributed by atoms with Gasteiger partial charge in [0, 0.05) is 13.2 Å². The highest BCUT2D eigenvalue weighted by molar-refractivity contribution is 7.84. The van der Waals surface area contributed by atoms with E-state index in [1.807, 2.05) is 0 Å². The van der Waals surface area contributed by atoms with Crippen LogP contribution in [0.5, 0.6) is 0 Å². The topological polar surface area (TPSA) is 273 Å².